The third-order valence-electron chi connectivity index (χ3n) is 3.68. The van der Waals surface area contributed by atoms with Gasteiger partial charge in [-0.25, -0.2) is 4.98 Å². The lowest BCUT2D eigenvalue weighted by atomic mass is 9.94. The third kappa shape index (κ3) is 1.93. The van der Waals surface area contributed by atoms with Crippen molar-refractivity contribution >= 4 is 17.4 Å². The van der Waals surface area contributed by atoms with Gasteiger partial charge in [0, 0.05) is 19.1 Å². The molecule has 1 aromatic heterocycles. The van der Waals surface area contributed by atoms with E-state index in [1.807, 2.05) is 0 Å². The summed E-state index contributed by atoms with van der Waals surface area (Å²) in [6, 6.07) is 0.515. The summed E-state index contributed by atoms with van der Waals surface area (Å²) in [6.07, 6.45) is 3.89. The number of fused-ring (bicyclic) bond motifs is 1. The van der Waals surface area contributed by atoms with Crippen LogP contribution in [0, 0.1) is 5.92 Å². The zero-order valence-corrected chi connectivity index (χ0v) is 10.2. The van der Waals surface area contributed by atoms with Gasteiger partial charge in [0.25, 0.3) is 5.56 Å². The Kier molecular flexibility index (Phi) is 2.80. The molecule has 2 saturated heterocycles. The molecule has 6 heteroatoms. The van der Waals surface area contributed by atoms with Gasteiger partial charge in [0.15, 0.2) is 5.82 Å². The summed E-state index contributed by atoms with van der Waals surface area (Å²) < 4.78 is 0. The van der Waals surface area contributed by atoms with Crippen LogP contribution < -0.4 is 15.8 Å². The van der Waals surface area contributed by atoms with Crippen molar-refractivity contribution in [1.82, 2.24) is 15.3 Å². The predicted octanol–water partition coefficient (Wildman–Crippen LogP) is 0.611. The van der Waals surface area contributed by atoms with Gasteiger partial charge in [0.05, 0.1) is 6.33 Å². The zero-order valence-electron chi connectivity index (χ0n) is 9.45. The number of H-pyrrole nitrogens is 1. The number of nitrogens with zero attached hydrogens (tertiary/aromatic N) is 2. The second-order valence-corrected chi connectivity index (χ2v) is 5.12. The number of hydrogen-bond acceptors (Lipinski definition) is 4. The minimum atomic E-state index is -0.264. The number of aromatic nitrogens is 2. The van der Waals surface area contributed by atoms with Crippen LogP contribution in [0.5, 0.6) is 0 Å². The molecule has 92 valence electrons. The van der Waals surface area contributed by atoms with Gasteiger partial charge in [0.1, 0.15) is 5.02 Å². The number of aromatic amines is 1. The van der Waals surface area contributed by atoms with E-state index in [0.29, 0.717) is 17.8 Å². The summed E-state index contributed by atoms with van der Waals surface area (Å²) in [4.78, 5) is 20.2. The van der Waals surface area contributed by atoms with Crippen molar-refractivity contribution in [3.63, 3.8) is 0 Å². The summed E-state index contributed by atoms with van der Waals surface area (Å²) in [7, 11) is 0. The summed E-state index contributed by atoms with van der Waals surface area (Å²) in [5.74, 6) is 1.27. The van der Waals surface area contributed by atoms with Crippen LogP contribution in [-0.2, 0) is 0 Å². The van der Waals surface area contributed by atoms with Gasteiger partial charge in [-0.15, -0.1) is 0 Å². The predicted molar refractivity (Wildman–Crippen MR) is 66.6 cm³/mol. The molecule has 2 atom stereocenters. The van der Waals surface area contributed by atoms with E-state index in [-0.39, 0.29) is 10.6 Å². The highest BCUT2D eigenvalue weighted by Crippen LogP contribution is 2.29. The highest BCUT2D eigenvalue weighted by Gasteiger charge is 2.35. The first kappa shape index (κ1) is 11.0. The lowest BCUT2D eigenvalue weighted by Crippen LogP contribution is -2.40. The highest BCUT2D eigenvalue weighted by molar-refractivity contribution is 6.32. The Bertz CT molecular complexity index is 461. The van der Waals surface area contributed by atoms with Gasteiger partial charge in [-0.3, -0.25) is 4.79 Å². The molecule has 1 aromatic rings. The Morgan fingerprint density at radius 1 is 1.47 bits per heavy atom. The Hall–Kier alpha value is -1.07. The van der Waals surface area contributed by atoms with Gasteiger partial charge in [-0.2, -0.15) is 0 Å². The fraction of sp³-hybridized carbons (Fsp3) is 0.636. The second kappa shape index (κ2) is 4.31. The summed E-state index contributed by atoms with van der Waals surface area (Å²) in [6.45, 7) is 2.92. The monoisotopic (exact) mass is 254 g/mol. The Balaban J connectivity index is 1.86. The van der Waals surface area contributed by atoms with Gasteiger partial charge in [0.2, 0.25) is 0 Å². The maximum absolute atomic E-state index is 11.4. The molecule has 5 nitrogen and oxygen atoms in total. The molecule has 2 aliphatic heterocycles. The fourth-order valence-corrected chi connectivity index (χ4v) is 3.04. The summed E-state index contributed by atoms with van der Waals surface area (Å²) in [5, 5.41) is 3.72. The molecule has 17 heavy (non-hydrogen) atoms. The maximum Gasteiger partial charge on any atom is 0.271 e. The molecular formula is C11H15ClN4O. The van der Waals surface area contributed by atoms with Crippen LogP contribution in [0.4, 0.5) is 5.82 Å². The molecule has 0 bridgehead atoms. The standard InChI is InChI=1S/C11H15ClN4O/c12-9-10(14-6-15-11(9)17)16-4-7-2-1-3-13-8(7)5-16/h6-8,13H,1-5H2,(H,14,15,17)/t7-,8+/m0/s1. The van der Waals surface area contributed by atoms with E-state index in [0.717, 1.165) is 19.6 Å². The van der Waals surface area contributed by atoms with Crippen molar-refractivity contribution < 1.29 is 0 Å². The van der Waals surface area contributed by atoms with Crippen molar-refractivity contribution in [3.8, 4) is 0 Å². The minimum Gasteiger partial charge on any atom is -0.353 e. The molecule has 0 radical (unpaired) electrons. The largest absolute Gasteiger partial charge is 0.353 e. The second-order valence-electron chi connectivity index (χ2n) is 4.74. The van der Waals surface area contributed by atoms with E-state index in [1.165, 1.54) is 19.2 Å². The first-order valence-electron chi connectivity index (χ1n) is 5.97. The van der Waals surface area contributed by atoms with Crippen molar-refractivity contribution in [2.24, 2.45) is 5.92 Å². The molecule has 0 saturated carbocycles. The Morgan fingerprint density at radius 2 is 2.35 bits per heavy atom. The number of halogens is 1. The first-order valence-corrected chi connectivity index (χ1v) is 6.35. The number of piperidine rings is 1. The van der Waals surface area contributed by atoms with E-state index in [9.17, 15) is 4.79 Å². The molecular weight excluding hydrogens is 240 g/mol. The molecule has 2 N–H and O–H groups in total. The lowest BCUT2D eigenvalue weighted by molar-refractivity contribution is 0.340. The highest BCUT2D eigenvalue weighted by atomic mass is 35.5. The third-order valence-corrected chi connectivity index (χ3v) is 4.02. The van der Waals surface area contributed by atoms with Crippen LogP contribution in [0.1, 0.15) is 12.8 Å². The van der Waals surface area contributed by atoms with Crippen molar-refractivity contribution in [1.29, 1.82) is 0 Å². The molecule has 0 aliphatic carbocycles. The Morgan fingerprint density at radius 3 is 3.18 bits per heavy atom. The smallest absolute Gasteiger partial charge is 0.271 e. The van der Waals surface area contributed by atoms with Crippen LogP contribution >= 0.6 is 11.6 Å². The average molecular weight is 255 g/mol. The Labute approximate surface area is 104 Å². The number of rotatable bonds is 1. The zero-order chi connectivity index (χ0) is 11.8. The van der Waals surface area contributed by atoms with E-state index >= 15 is 0 Å². The fourth-order valence-electron chi connectivity index (χ4n) is 2.81. The maximum atomic E-state index is 11.4. The van der Waals surface area contributed by atoms with Crippen LogP contribution in [0.25, 0.3) is 0 Å². The van der Waals surface area contributed by atoms with Crippen molar-refractivity contribution in [2.75, 3.05) is 24.5 Å². The number of anilines is 1. The van der Waals surface area contributed by atoms with Crippen molar-refractivity contribution in [2.45, 2.75) is 18.9 Å². The van der Waals surface area contributed by atoms with E-state index in [1.54, 1.807) is 0 Å². The molecule has 2 fully saturated rings. The van der Waals surface area contributed by atoms with Crippen LogP contribution in [0.3, 0.4) is 0 Å². The summed E-state index contributed by atoms with van der Waals surface area (Å²) in [5.41, 5.74) is -0.264. The topological polar surface area (TPSA) is 61.0 Å². The molecule has 3 heterocycles. The lowest BCUT2D eigenvalue weighted by Gasteiger charge is -2.24. The quantitative estimate of drug-likeness (QED) is 0.771. The summed E-state index contributed by atoms with van der Waals surface area (Å²) >= 11 is 6.00. The van der Waals surface area contributed by atoms with Gasteiger partial charge in [-0.05, 0) is 25.3 Å². The number of hydrogen-bond donors (Lipinski definition) is 2. The number of nitrogens with one attached hydrogen (secondary N) is 2. The van der Waals surface area contributed by atoms with Crippen LogP contribution in [-0.4, -0.2) is 35.6 Å². The normalized spacial score (nSPS) is 28.2. The van der Waals surface area contributed by atoms with E-state index in [2.05, 4.69) is 20.2 Å². The minimum absolute atomic E-state index is 0.200. The molecule has 0 amide bonds. The van der Waals surface area contributed by atoms with Crippen LogP contribution in [0.2, 0.25) is 5.02 Å². The molecule has 3 rings (SSSR count). The van der Waals surface area contributed by atoms with Gasteiger partial charge < -0.3 is 15.2 Å². The van der Waals surface area contributed by atoms with Gasteiger partial charge >= 0.3 is 0 Å². The van der Waals surface area contributed by atoms with Gasteiger partial charge in [-0.1, -0.05) is 11.6 Å². The van der Waals surface area contributed by atoms with Crippen LogP contribution in [0.15, 0.2) is 11.1 Å². The van der Waals surface area contributed by atoms with E-state index < -0.39 is 0 Å². The van der Waals surface area contributed by atoms with Crippen molar-refractivity contribution in [3.05, 3.63) is 21.7 Å². The molecule has 2 aliphatic rings. The molecule has 0 aromatic carbocycles. The SMILES string of the molecule is O=c1[nH]cnc(N2C[C@@H]3CCCN[C@@H]3C2)c1Cl. The van der Waals surface area contributed by atoms with E-state index in [4.69, 9.17) is 11.6 Å². The average Bonchev–Trinajstić information content (AvgIpc) is 2.76. The first-order chi connectivity index (χ1) is 8.25. The molecule has 0 unspecified atom stereocenters. The molecule has 0 spiro atoms.